The normalized spacial score (nSPS) is 10.7. The molecule has 0 fully saturated rings. The summed E-state index contributed by atoms with van der Waals surface area (Å²) in [7, 11) is 1.69. The number of hydrogen-bond donors (Lipinski definition) is 2. The number of nitrogens with one attached hydrogen (secondary N) is 2. The number of carbonyl (C=O) groups is 2. The number of rotatable bonds is 5. The first-order valence-corrected chi connectivity index (χ1v) is 8.55. The highest BCUT2D eigenvalue weighted by Crippen LogP contribution is 2.16. The summed E-state index contributed by atoms with van der Waals surface area (Å²) in [5, 5.41) is 9.48. The number of amides is 2. The first kappa shape index (κ1) is 18.4. The van der Waals surface area contributed by atoms with E-state index in [0.29, 0.717) is 11.4 Å². The van der Waals surface area contributed by atoms with E-state index in [-0.39, 0.29) is 18.4 Å². The van der Waals surface area contributed by atoms with Crippen LogP contribution in [0.5, 0.6) is 0 Å². The molecule has 27 heavy (non-hydrogen) atoms. The van der Waals surface area contributed by atoms with Gasteiger partial charge in [0, 0.05) is 24.1 Å². The molecule has 0 aliphatic heterocycles. The van der Waals surface area contributed by atoms with Crippen molar-refractivity contribution in [1.82, 2.24) is 24.6 Å². The minimum atomic E-state index is -0.338. The molecule has 0 saturated heterocycles. The van der Waals surface area contributed by atoms with Gasteiger partial charge in [-0.1, -0.05) is 0 Å². The second kappa shape index (κ2) is 7.45. The summed E-state index contributed by atoms with van der Waals surface area (Å²) in [5.41, 5.74) is 4.83. The van der Waals surface area contributed by atoms with Gasteiger partial charge in [0.05, 0.1) is 24.3 Å². The van der Waals surface area contributed by atoms with Gasteiger partial charge in [0.15, 0.2) is 0 Å². The van der Waals surface area contributed by atoms with E-state index in [1.807, 2.05) is 42.7 Å². The second-order valence-electron chi connectivity index (χ2n) is 6.36. The zero-order valence-corrected chi connectivity index (χ0v) is 15.8. The Morgan fingerprint density at radius 3 is 2.37 bits per heavy atom. The van der Waals surface area contributed by atoms with Crippen LogP contribution in [0.25, 0.3) is 5.69 Å². The minimum Gasteiger partial charge on any atom is -0.342 e. The van der Waals surface area contributed by atoms with Crippen LogP contribution in [-0.2, 0) is 11.8 Å². The van der Waals surface area contributed by atoms with Gasteiger partial charge < -0.3 is 15.2 Å². The molecule has 140 valence electrons. The highest BCUT2D eigenvalue weighted by Gasteiger charge is 2.13. The Bertz CT molecular complexity index is 984. The fourth-order valence-electron chi connectivity index (χ4n) is 2.74. The molecule has 3 rings (SSSR count). The van der Waals surface area contributed by atoms with Gasteiger partial charge in [-0.05, 0) is 51.1 Å². The number of imidazole rings is 1. The molecule has 0 saturated carbocycles. The zero-order valence-electron chi connectivity index (χ0n) is 15.8. The Morgan fingerprint density at radius 2 is 1.81 bits per heavy atom. The Labute approximate surface area is 157 Å². The zero-order chi connectivity index (χ0) is 19.6. The monoisotopic (exact) mass is 366 g/mol. The van der Waals surface area contributed by atoms with Crippen molar-refractivity contribution >= 4 is 17.5 Å². The van der Waals surface area contributed by atoms with Crippen LogP contribution in [0.2, 0.25) is 0 Å². The summed E-state index contributed by atoms with van der Waals surface area (Å²) in [6.07, 6.45) is 1.77. The van der Waals surface area contributed by atoms with Gasteiger partial charge in [-0.15, -0.1) is 0 Å². The van der Waals surface area contributed by atoms with E-state index in [2.05, 4.69) is 20.7 Å². The van der Waals surface area contributed by atoms with Crippen molar-refractivity contribution < 1.29 is 9.59 Å². The van der Waals surface area contributed by atoms with E-state index in [0.717, 1.165) is 22.8 Å². The Morgan fingerprint density at radius 1 is 1.11 bits per heavy atom. The molecule has 0 spiro atoms. The average molecular weight is 366 g/mol. The molecule has 3 aromatic rings. The summed E-state index contributed by atoms with van der Waals surface area (Å²) < 4.78 is 3.47. The fraction of sp³-hybridized carbons (Fsp3) is 0.263. The maximum Gasteiger partial charge on any atom is 0.269 e. The van der Waals surface area contributed by atoms with Gasteiger partial charge in [0.1, 0.15) is 5.69 Å². The molecular formula is C19H22N6O2. The average Bonchev–Trinajstić information content (AvgIpc) is 3.15. The van der Waals surface area contributed by atoms with Gasteiger partial charge in [-0.2, -0.15) is 5.10 Å². The van der Waals surface area contributed by atoms with E-state index in [1.54, 1.807) is 26.4 Å². The number of nitrogens with zero attached hydrogens (tertiary/aromatic N) is 4. The number of carbonyl (C=O) groups excluding carboxylic acids is 2. The third kappa shape index (κ3) is 4.05. The van der Waals surface area contributed by atoms with Crippen LogP contribution < -0.4 is 10.6 Å². The SMILES string of the molecule is Cc1cc(C(=O)NCC(=O)Nc2ccc(-n3cnc(C)c3C)cc2)n(C)n1. The Balaban J connectivity index is 1.57. The smallest absolute Gasteiger partial charge is 0.269 e. The lowest BCUT2D eigenvalue weighted by molar-refractivity contribution is -0.115. The molecule has 2 N–H and O–H groups in total. The third-order valence-electron chi connectivity index (χ3n) is 4.33. The molecule has 0 bridgehead atoms. The topological polar surface area (TPSA) is 93.8 Å². The predicted octanol–water partition coefficient (Wildman–Crippen LogP) is 1.90. The highest BCUT2D eigenvalue weighted by atomic mass is 16.2. The number of aromatic nitrogens is 4. The lowest BCUT2D eigenvalue weighted by atomic mass is 10.2. The molecule has 8 nitrogen and oxygen atoms in total. The Hall–Kier alpha value is -3.42. The maximum absolute atomic E-state index is 12.1. The van der Waals surface area contributed by atoms with E-state index >= 15 is 0 Å². The van der Waals surface area contributed by atoms with E-state index in [4.69, 9.17) is 0 Å². The molecule has 2 aromatic heterocycles. The van der Waals surface area contributed by atoms with Gasteiger partial charge in [-0.3, -0.25) is 14.3 Å². The molecule has 0 unspecified atom stereocenters. The number of hydrogen-bond acceptors (Lipinski definition) is 4. The van der Waals surface area contributed by atoms with Crippen molar-refractivity contribution in [3.63, 3.8) is 0 Å². The number of anilines is 1. The van der Waals surface area contributed by atoms with Crippen LogP contribution in [0.15, 0.2) is 36.7 Å². The maximum atomic E-state index is 12.1. The Kier molecular flexibility index (Phi) is 5.07. The van der Waals surface area contributed by atoms with E-state index < -0.39 is 0 Å². The fourth-order valence-corrected chi connectivity index (χ4v) is 2.74. The second-order valence-corrected chi connectivity index (χ2v) is 6.36. The molecule has 1 aromatic carbocycles. The third-order valence-corrected chi connectivity index (χ3v) is 4.33. The molecule has 2 heterocycles. The van der Waals surface area contributed by atoms with Crippen LogP contribution in [0.3, 0.4) is 0 Å². The first-order chi connectivity index (χ1) is 12.8. The summed E-state index contributed by atoms with van der Waals surface area (Å²) in [6, 6.07) is 9.11. The van der Waals surface area contributed by atoms with Crippen molar-refractivity contribution in [1.29, 1.82) is 0 Å². The largest absolute Gasteiger partial charge is 0.342 e. The minimum absolute atomic E-state index is 0.120. The van der Waals surface area contributed by atoms with Crippen LogP contribution in [0.4, 0.5) is 5.69 Å². The first-order valence-electron chi connectivity index (χ1n) is 8.55. The quantitative estimate of drug-likeness (QED) is 0.721. The lowest BCUT2D eigenvalue weighted by Gasteiger charge is -2.09. The van der Waals surface area contributed by atoms with E-state index in [1.165, 1.54) is 4.68 Å². The molecule has 2 amide bonds. The van der Waals surface area contributed by atoms with Crippen molar-refractivity contribution in [2.24, 2.45) is 7.05 Å². The summed E-state index contributed by atoms with van der Waals surface area (Å²) in [5.74, 6) is -0.640. The van der Waals surface area contributed by atoms with Crippen molar-refractivity contribution in [2.45, 2.75) is 20.8 Å². The van der Waals surface area contributed by atoms with Gasteiger partial charge in [0.25, 0.3) is 5.91 Å². The molecule has 0 aliphatic rings. The number of aryl methyl sites for hydroxylation is 3. The molecular weight excluding hydrogens is 344 g/mol. The van der Waals surface area contributed by atoms with Crippen molar-refractivity contribution in [2.75, 3.05) is 11.9 Å². The van der Waals surface area contributed by atoms with Gasteiger partial charge in [-0.25, -0.2) is 4.98 Å². The predicted molar refractivity (Wildman–Crippen MR) is 102 cm³/mol. The lowest BCUT2D eigenvalue weighted by Crippen LogP contribution is -2.33. The van der Waals surface area contributed by atoms with Gasteiger partial charge in [0.2, 0.25) is 5.91 Å². The molecule has 0 aliphatic carbocycles. The van der Waals surface area contributed by atoms with Crippen LogP contribution in [-0.4, -0.2) is 37.7 Å². The highest BCUT2D eigenvalue weighted by molar-refractivity contribution is 5.98. The van der Waals surface area contributed by atoms with E-state index in [9.17, 15) is 9.59 Å². The van der Waals surface area contributed by atoms with Crippen molar-refractivity contribution in [3.05, 3.63) is 59.4 Å². The summed E-state index contributed by atoms with van der Waals surface area (Å²) in [4.78, 5) is 28.5. The van der Waals surface area contributed by atoms with Crippen molar-refractivity contribution in [3.8, 4) is 5.69 Å². The van der Waals surface area contributed by atoms with Crippen LogP contribution in [0, 0.1) is 20.8 Å². The van der Waals surface area contributed by atoms with Crippen LogP contribution >= 0.6 is 0 Å². The summed E-state index contributed by atoms with van der Waals surface area (Å²) in [6.45, 7) is 5.65. The standard InChI is InChI=1S/C19H22N6O2/c1-12-9-17(24(4)23-12)19(27)20-10-18(26)22-15-5-7-16(8-6-15)25-11-21-13(2)14(25)3/h5-9,11H,10H2,1-4H3,(H,20,27)(H,22,26). The molecule has 8 heteroatoms. The molecule has 0 radical (unpaired) electrons. The van der Waals surface area contributed by atoms with Gasteiger partial charge >= 0.3 is 0 Å². The van der Waals surface area contributed by atoms with Crippen LogP contribution in [0.1, 0.15) is 27.6 Å². The summed E-state index contributed by atoms with van der Waals surface area (Å²) >= 11 is 0. The number of benzene rings is 1. The molecule has 0 atom stereocenters.